The Labute approximate surface area is 153 Å². The molecule has 2 aromatic heterocycles. The Balaban J connectivity index is 1.68. The van der Waals surface area contributed by atoms with E-state index in [9.17, 15) is 9.67 Å². The molecule has 2 aromatic rings. The number of imidazole rings is 1. The van der Waals surface area contributed by atoms with Gasteiger partial charge in [0, 0.05) is 0 Å². The molecule has 4 rings (SSSR count). The first-order valence-corrected chi connectivity index (χ1v) is 9.82. The Morgan fingerprint density at radius 2 is 2.33 bits per heavy atom. The first-order chi connectivity index (χ1) is 12.7. The summed E-state index contributed by atoms with van der Waals surface area (Å²) < 4.78 is 51.0. The third kappa shape index (κ3) is 2.97. The highest BCUT2D eigenvalue weighted by Crippen LogP contribution is 2.59. The standard InChI is InChI=1S/C14H19FN5O6P/c1-3-4-23-27(22)24-5-7-9(26-27)14(2,15)12(25-7)20-6-17-8-10(20)18-13(16)19-11(8)21/h6-7,9,12H,3-5H2,1-2H3,(H3,16,18,19,21)/t7-,9-,12-,14-,27?/m1/s1. The van der Waals surface area contributed by atoms with Crippen LogP contribution in [0.1, 0.15) is 26.5 Å². The van der Waals surface area contributed by atoms with Gasteiger partial charge in [-0.05, 0) is 13.3 Å². The molecule has 2 aliphatic rings. The largest absolute Gasteiger partial charge is 0.492 e. The third-order valence-corrected chi connectivity index (χ3v) is 5.90. The highest BCUT2D eigenvalue weighted by Gasteiger charge is 2.61. The molecule has 0 radical (unpaired) electrons. The van der Waals surface area contributed by atoms with Crippen molar-refractivity contribution in [2.24, 2.45) is 0 Å². The van der Waals surface area contributed by atoms with Crippen LogP contribution in [0, 0.1) is 0 Å². The van der Waals surface area contributed by atoms with Crippen molar-refractivity contribution in [3.63, 3.8) is 0 Å². The molecule has 2 aliphatic heterocycles. The second-order valence-electron chi connectivity index (χ2n) is 6.51. The Bertz CT molecular complexity index is 923. The number of phosphoric ester groups is 1. The summed E-state index contributed by atoms with van der Waals surface area (Å²) in [5.41, 5.74) is 3.58. The molecular weight excluding hydrogens is 384 g/mol. The maximum Gasteiger partial charge on any atom is 0.475 e. The van der Waals surface area contributed by atoms with Crippen LogP contribution in [0.5, 0.6) is 5.88 Å². The zero-order valence-electron chi connectivity index (χ0n) is 14.6. The number of anilines is 1. The maximum atomic E-state index is 15.7. The van der Waals surface area contributed by atoms with Gasteiger partial charge >= 0.3 is 7.82 Å². The average molecular weight is 403 g/mol. The molecule has 148 valence electrons. The molecule has 13 heteroatoms. The fourth-order valence-electron chi connectivity index (χ4n) is 3.20. The van der Waals surface area contributed by atoms with Gasteiger partial charge in [0.25, 0.3) is 0 Å². The quantitative estimate of drug-likeness (QED) is 0.724. The minimum absolute atomic E-state index is 0.0487. The Morgan fingerprint density at radius 1 is 1.56 bits per heavy atom. The van der Waals surface area contributed by atoms with Gasteiger partial charge in [0.2, 0.25) is 11.8 Å². The number of rotatable bonds is 4. The van der Waals surface area contributed by atoms with E-state index in [-0.39, 0.29) is 30.3 Å². The number of ether oxygens (including phenoxy) is 1. The number of phosphoric acid groups is 1. The molecule has 0 spiro atoms. The van der Waals surface area contributed by atoms with E-state index in [0.29, 0.717) is 6.42 Å². The van der Waals surface area contributed by atoms with Gasteiger partial charge in [-0.1, -0.05) is 6.92 Å². The number of fused-ring (bicyclic) bond motifs is 2. The SMILES string of the molecule is CCCOP1(=O)OC[C@H]2O[C@@H](n3cnc4c(O)nc(N)nc43)[C@](C)(F)[C@@H]2O1. The summed E-state index contributed by atoms with van der Waals surface area (Å²) in [6, 6.07) is 0. The van der Waals surface area contributed by atoms with Crippen molar-refractivity contribution in [3.05, 3.63) is 6.33 Å². The maximum absolute atomic E-state index is 15.7. The van der Waals surface area contributed by atoms with Crippen LogP contribution >= 0.6 is 7.82 Å². The number of hydrogen-bond donors (Lipinski definition) is 2. The molecule has 3 N–H and O–H groups in total. The molecule has 0 amide bonds. The van der Waals surface area contributed by atoms with Gasteiger partial charge in [0.15, 0.2) is 23.1 Å². The lowest BCUT2D eigenvalue weighted by molar-refractivity contribution is -0.0706. The van der Waals surface area contributed by atoms with E-state index in [1.165, 1.54) is 17.8 Å². The smallest absolute Gasteiger partial charge is 0.475 e. The molecule has 0 aliphatic carbocycles. The van der Waals surface area contributed by atoms with Crippen molar-refractivity contribution in [2.45, 2.75) is 44.4 Å². The Morgan fingerprint density at radius 3 is 3.07 bits per heavy atom. The normalized spacial score (nSPS) is 36.2. The molecule has 1 unspecified atom stereocenters. The fraction of sp³-hybridized carbons (Fsp3) is 0.643. The van der Waals surface area contributed by atoms with Gasteiger partial charge < -0.3 is 15.6 Å². The van der Waals surface area contributed by atoms with Gasteiger partial charge in [-0.15, -0.1) is 0 Å². The van der Waals surface area contributed by atoms with Crippen molar-refractivity contribution < 1.29 is 32.4 Å². The second kappa shape index (κ2) is 6.35. The number of hydrogen-bond acceptors (Lipinski definition) is 10. The van der Waals surface area contributed by atoms with Crippen molar-refractivity contribution in [2.75, 3.05) is 18.9 Å². The van der Waals surface area contributed by atoms with Crippen molar-refractivity contribution in [1.29, 1.82) is 0 Å². The van der Waals surface area contributed by atoms with Gasteiger partial charge in [-0.2, -0.15) is 9.97 Å². The van der Waals surface area contributed by atoms with Crippen LogP contribution in [0.4, 0.5) is 10.3 Å². The molecule has 11 nitrogen and oxygen atoms in total. The number of aromatic nitrogens is 4. The van der Waals surface area contributed by atoms with Crippen LogP contribution in [0.3, 0.4) is 0 Å². The number of nitrogens with zero attached hydrogens (tertiary/aromatic N) is 4. The van der Waals surface area contributed by atoms with E-state index in [4.69, 9.17) is 24.0 Å². The molecule has 27 heavy (non-hydrogen) atoms. The minimum atomic E-state index is -3.88. The van der Waals surface area contributed by atoms with E-state index in [1.54, 1.807) is 0 Å². The lowest BCUT2D eigenvalue weighted by Gasteiger charge is -2.33. The molecule has 0 bridgehead atoms. The van der Waals surface area contributed by atoms with Crippen LogP contribution in [-0.2, 0) is 22.9 Å². The van der Waals surface area contributed by atoms with Gasteiger partial charge in [-0.3, -0.25) is 18.1 Å². The number of aromatic hydroxyl groups is 1. The summed E-state index contributed by atoms with van der Waals surface area (Å²) in [6.45, 7) is 3.09. The summed E-state index contributed by atoms with van der Waals surface area (Å²) in [5.74, 6) is -0.626. The Kier molecular flexibility index (Phi) is 4.35. The predicted octanol–water partition coefficient (Wildman–Crippen LogP) is 1.69. The van der Waals surface area contributed by atoms with Crippen molar-refractivity contribution in [1.82, 2.24) is 19.5 Å². The van der Waals surface area contributed by atoms with E-state index in [2.05, 4.69) is 15.0 Å². The summed E-state index contributed by atoms with van der Waals surface area (Å²) in [4.78, 5) is 11.6. The molecule has 5 atom stereocenters. The van der Waals surface area contributed by atoms with E-state index in [1.807, 2.05) is 6.92 Å². The highest BCUT2D eigenvalue weighted by molar-refractivity contribution is 7.48. The van der Waals surface area contributed by atoms with Gasteiger partial charge in [-0.25, -0.2) is 13.9 Å². The number of alkyl halides is 1. The predicted molar refractivity (Wildman–Crippen MR) is 89.5 cm³/mol. The van der Waals surface area contributed by atoms with E-state index < -0.39 is 37.8 Å². The molecule has 0 aromatic carbocycles. The molecule has 4 heterocycles. The van der Waals surface area contributed by atoms with E-state index >= 15 is 4.39 Å². The van der Waals surface area contributed by atoms with Crippen LogP contribution in [0.2, 0.25) is 0 Å². The first kappa shape index (κ1) is 18.5. The van der Waals surface area contributed by atoms with Crippen molar-refractivity contribution >= 4 is 24.9 Å². The van der Waals surface area contributed by atoms with Crippen LogP contribution in [0.15, 0.2) is 6.33 Å². The summed E-state index contributed by atoms with van der Waals surface area (Å²) in [7, 11) is -3.88. The topological polar surface area (TPSA) is 144 Å². The number of halogens is 1. The van der Waals surface area contributed by atoms with Crippen LogP contribution in [0.25, 0.3) is 11.2 Å². The number of nitrogens with two attached hydrogens (primary N) is 1. The van der Waals surface area contributed by atoms with Crippen molar-refractivity contribution in [3.8, 4) is 5.88 Å². The molecule has 0 saturated carbocycles. The summed E-state index contributed by atoms with van der Waals surface area (Å²) in [6.07, 6.45) is -1.38. The lowest BCUT2D eigenvalue weighted by atomic mass is 9.98. The second-order valence-corrected chi connectivity index (χ2v) is 8.13. The third-order valence-electron chi connectivity index (χ3n) is 4.45. The summed E-state index contributed by atoms with van der Waals surface area (Å²) >= 11 is 0. The minimum Gasteiger partial charge on any atom is -0.492 e. The van der Waals surface area contributed by atoms with Gasteiger partial charge in [0.1, 0.15) is 12.2 Å². The average Bonchev–Trinajstić information content (AvgIpc) is 3.12. The number of nitrogen functional groups attached to an aromatic ring is 1. The van der Waals surface area contributed by atoms with E-state index in [0.717, 1.165) is 0 Å². The van der Waals surface area contributed by atoms with Crippen LogP contribution in [-0.4, -0.2) is 55.7 Å². The molecule has 2 fully saturated rings. The highest BCUT2D eigenvalue weighted by atomic mass is 31.2. The monoisotopic (exact) mass is 403 g/mol. The fourth-order valence-corrected chi connectivity index (χ4v) is 4.76. The molecular formula is C14H19FN5O6P. The first-order valence-electron chi connectivity index (χ1n) is 8.36. The Hall–Kier alpha value is -1.85. The summed E-state index contributed by atoms with van der Waals surface area (Å²) in [5, 5.41) is 9.86. The zero-order valence-corrected chi connectivity index (χ0v) is 15.5. The van der Waals surface area contributed by atoms with Crippen LogP contribution < -0.4 is 5.73 Å². The zero-order chi connectivity index (χ0) is 19.4. The molecule has 2 saturated heterocycles. The van der Waals surface area contributed by atoms with Gasteiger partial charge in [0.05, 0.1) is 19.5 Å². The lowest BCUT2D eigenvalue weighted by Crippen LogP contribution is -2.44.